The van der Waals surface area contributed by atoms with E-state index in [4.69, 9.17) is 10.3 Å². The number of nitrogens with zero attached hydrogens (tertiary/aromatic N) is 3. The number of benzene rings is 1. The largest absolute Gasteiger partial charge is 0.342 e. The Kier molecular flexibility index (Phi) is 4.89. The van der Waals surface area contributed by atoms with E-state index < -0.39 is 0 Å². The molecule has 1 aromatic heterocycles. The van der Waals surface area contributed by atoms with Crippen LogP contribution in [0.5, 0.6) is 0 Å². The molecule has 6 nitrogen and oxygen atoms in total. The third kappa shape index (κ3) is 3.62. The van der Waals surface area contributed by atoms with Gasteiger partial charge < -0.3 is 15.2 Å². The van der Waals surface area contributed by atoms with Gasteiger partial charge in [-0.05, 0) is 37.4 Å². The number of aromatic nitrogens is 2. The minimum absolute atomic E-state index is 0.0760. The molecule has 0 spiro atoms. The number of likely N-dealkylation sites (tertiary alicyclic amines) is 1. The molecule has 1 aromatic carbocycles. The number of carbonyl (C=O) groups is 1. The molecule has 2 heterocycles. The number of hydrogen-bond acceptors (Lipinski definition) is 5. The van der Waals surface area contributed by atoms with Crippen LogP contribution in [0.1, 0.15) is 24.3 Å². The van der Waals surface area contributed by atoms with Crippen LogP contribution in [0.3, 0.4) is 0 Å². The molecule has 2 aromatic rings. The van der Waals surface area contributed by atoms with Crippen LogP contribution >= 0.6 is 0 Å². The summed E-state index contributed by atoms with van der Waals surface area (Å²) in [7, 11) is 0. The molecule has 7 heteroatoms. The fourth-order valence-electron chi connectivity index (χ4n) is 2.83. The molecule has 128 valence electrons. The lowest BCUT2D eigenvalue weighted by Crippen LogP contribution is -2.30. The summed E-state index contributed by atoms with van der Waals surface area (Å²) in [5, 5.41) is 3.86. The maximum atomic E-state index is 13.6. The van der Waals surface area contributed by atoms with Crippen molar-refractivity contribution in [3.63, 3.8) is 0 Å². The Balaban J connectivity index is 1.58. The number of halogens is 1. The van der Waals surface area contributed by atoms with Crippen LogP contribution < -0.4 is 5.73 Å². The second-order valence-electron chi connectivity index (χ2n) is 6.21. The van der Waals surface area contributed by atoms with E-state index in [9.17, 15) is 9.18 Å². The Hall–Kier alpha value is -2.28. The number of carbonyl (C=O) groups excluding carboxylic acids is 1. The van der Waals surface area contributed by atoms with E-state index in [0.29, 0.717) is 48.1 Å². The molecular weight excluding hydrogens is 311 g/mol. The predicted octanol–water partition coefficient (Wildman–Crippen LogP) is 1.92. The van der Waals surface area contributed by atoms with Crippen LogP contribution in [0.25, 0.3) is 11.4 Å². The summed E-state index contributed by atoms with van der Waals surface area (Å²) in [4.78, 5) is 18.3. The Morgan fingerprint density at radius 1 is 1.50 bits per heavy atom. The molecule has 1 saturated heterocycles. The molecule has 24 heavy (non-hydrogen) atoms. The van der Waals surface area contributed by atoms with Gasteiger partial charge in [0.1, 0.15) is 5.82 Å². The van der Waals surface area contributed by atoms with Gasteiger partial charge >= 0.3 is 0 Å². The fourth-order valence-corrected chi connectivity index (χ4v) is 2.83. The van der Waals surface area contributed by atoms with Gasteiger partial charge in [0.05, 0.1) is 0 Å². The molecule has 0 unspecified atom stereocenters. The van der Waals surface area contributed by atoms with Gasteiger partial charge in [-0.1, -0.05) is 17.3 Å². The minimum Gasteiger partial charge on any atom is -0.342 e. The average molecular weight is 332 g/mol. The quantitative estimate of drug-likeness (QED) is 0.904. The minimum atomic E-state index is -0.308. The van der Waals surface area contributed by atoms with E-state index in [1.165, 1.54) is 6.07 Å². The normalized spacial score (nSPS) is 17.5. The molecule has 1 aliphatic heterocycles. The van der Waals surface area contributed by atoms with Gasteiger partial charge in [0.15, 0.2) is 0 Å². The lowest BCUT2D eigenvalue weighted by atomic mass is 10.1. The van der Waals surface area contributed by atoms with E-state index in [2.05, 4.69) is 10.1 Å². The Morgan fingerprint density at radius 2 is 2.33 bits per heavy atom. The van der Waals surface area contributed by atoms with Crippen molar-refractivity contribution in [1.29, 1.82) is 0 Å². The SMILES string of the molecule is Cc1ccc(-c2noc(CCC(=O)N3CC[C@H](CN)C3)n2)cc1F. The number of rotatable bonds is 5. The zero-order valence-corrected chi connectivity index (χ0v) is 13.7. The van der Waals surface area contributed by atoms with Crippen LogP contribution in [0.15, 0.2) is 22.7 Å². The first-order valence-corrected chi connectivity index (χ1v) is 8.13. The molecule has 0 bridgehead atoms. The summed E-state index contributed by atoms with van der Waals surface area (Å²) in [6.45, 7) is 3.80. The van der Waals surface area contributed by atoms with Crippen molar-refractivity contribution in [1.82, 2.24) is 15.0 Å². The molecule has 0 aliphatic carbocycles. The van der Waals surface area contributed by atoms with Crippen molar-refractivity contribution in [2.24, 2.45) is 11.7 Å². The number of aryl methyl sites for hydroxylation is 2. The number of amides is 1. The molecule has 3 rings (SSSR count). The highest BCUT2D eigenvalue weighted by Gasteiger charge is 2.25. The highest BCUT2D eigenvalue weighted by molar-refractivity contribution is 5.76. The van der Waals surface area contributed by atoms with Gasteiger partial charge in [-0.3, -0.25) is 4.79 Å². The topological polar surface area (TPSA) is 85.2 Å². The third-order valence-electron chi connectivity index (χ3n) is 4.42. The number of nitrogens with two attached hydrogens (primary N) is 1. The van der Waals surface area contributed by atoms with Gasteiger partial charge in [-0.15, -0.1) is 0 Å². The zero-order valence-electron chi connectivity index (χ0n) is 13.7. The summed E-state index contributed by atoms with van der Waals surface area (Å²) < 4.78 is 18.8. The molecule has 0 saturated carbocycles. The first kappa shape index (κ1) is 16.6. The van der Waals surface area contributed by atoms with Crippen LogP contribution in [0.2, 0.25) is 0 Å². The standard InChI is InChI=1S/C17H21FN4O2/c1-11-2-3-13(8-14(11)18)17-20-15(24-21-17)4-5-16(23)22-7-6-12(9-19)10-22/h2-3,8,12H,4-7,9-10,19H2,1H3/t12-/m1/s1. The van der Waals surface area contributed by atoms with E-state index in [0.717, 1.165) is 19.5 Å². The van der Waals surface area contributed by atoms with E-state index in [1.807, 2.05) is 4.90 Å². The second-order valence-corrected chi connectivity index (χ2v) is 6.21. The first-order valence-electron chi connectivity index (χ1n) is 8.13. The Morgan fingerprint density at radius 3 is 3.04 bits per heavy atom. The van der Waals surface area contributed by atoms with Crippen molar-refractivity contribution >= 4 is 5.91 Å². The van der Waals surface area contributed by atoms with E-state index in [-0.39, 0.29) is 11.7 Å². The van der Waals surface area contributed by atoms with Gasteiger partial charge in [0.25, 0.3) is 0 Å². The molecule has 1 aliphatic rings. The smallest absolute Gasteiger partial charge is 0.227 e. The molecule has 0 radical (unpaired) electrons. The molecule has 2 N–H and O–H groups in total. The summed E-state index contributed by atoms with van der Waals surface area (Å²) in [6, 6.07) is 4.80. The average Bonchev–Trinajstić information content (AvgIpc) is 3.24. The van der Waals surface area contributed by atoms with Crippen LogP contribution in [-0.4, -0.2) is 40.6 Å². The predicted molar refractivity (Wildman–Crippen MR) is 86.5 cm³/mol. The van der Waals surface area contributed by atoms with Gasteiger partial charge in [-0.2, -0.15) is 4.98 Å². The lowest BCUT2D eigenvalue weighted by molar-refractivity contribution is -0.130. The van der Waals surface area contributed by atoms with Gasteiger partial charge in [-0.25, -0.2) is 4.39 Å². The fraction of sp³-hybridized carbons (Fsp3) is 0.471. The van der Waals surface area contributed by atoms with Crippen LogP contribution in [-0.2, 0) is 11.2 Å². The summed E-state index contributed by atoms with van der Waals surface area (Å²) >= 11 is 0. The van der Waals surface area contributed by atoms with Crippen molar-refractivity contribution in [2.75, 3.05) is 19.6 Å². The van der Waals surface area contributed by atoms with Crippen molar-refractivity contribution in [2.45, 2.75) is 26.2 Å². The lowest BCUT2D eigenvalue weighted by Gasteiger charge is -2.15. The summed E-state index contributed by atoms with van der Waals surface area (Å²) in [5.41, 5.74) is 6.77. The maximum Gasteiger partial charge on any atom is 0.227 e. The van der Waals surface area contributed by atoms with Crippen molar-refractivity contribution in [3.05, 3.63) is 35.5 Å². The number of hydrogen-bond donors (Lipinski definition) is 1. The maximum absolute atomic E-state index is 13.6. The Bertz CT molecular complexity index is 731. The molecule has 1 fully saturated rings. The second kappa shape index (κ2) is 7.09. The van der Waals surface area contributed by atoms with Crippen LogP contribution in [0, 0.1) is 18.7 Å². The summed E-state index contributed by atoms with van der Waals surface area (Å²) in [5.74, 6) is 0.889. The van der Waals surface area contributed by atoms with Gasteiger partial charge in [0, 0.05) is 31.5 Å². The first-order chi connectivity index (χ1) is 11.6. The van der Waals surface area contributed by atoms with E-state index in [1.54, 1.807) is 19.1 Å². The monoisotopic (exact) mass is 332 g/mol. The summed E-state index contributed by atoms with van der Waals surface area (Å²) in [6.07, 6.45) is 1.66. The van der Waals surface area contributed by atoms with E-state index >= 15 is 0 Å². The zero-order chi connectivity index (χ0) is 17.1. The Labute approximate surface area is 139 Å². The molecular formula is C17H21FN4O2. The molecule has 1 atom stereocenters. The molecule has 1 amide bonds. The van der Waals surface area contributed by atoms with Crippen LogP contribution in [0.4, 0.5) is 4.39 Å². The van der Waals surface area contributed by atoms with Crippen molar-refractivity contribution in [3.8, 4) is 11.4 Å². The highest BCUT2D eigenvalue weighted by Crippen LogP contribution is 2.20. The van der Waals surface area contributed by atoms with Crippen molar-refractivity contribution < 1.29 is 13.7 Å². The third-order valence-corrected chi connectivity index (χ3v) is 4.42. The highest BCUT2D eigenvalue weighted by atomic mass is 19.1. The van der Waals surface area contributed by atoms with Gasteiger partial charge in [0.2, 0.25) is 17.6 Å².